The summed E-state index contributed by atoms with van der Waals surface area (Å²) in [6, 6.07) is 0.162. The molecule has 0 aromatic rings. The van der Waals surface area contributed by atoms with Gasteiger partial charge in [0.25, 0.3) is 0 Å². The largest absolute Gasteiger partial charge is 0.379 e. The number of carbonyl (C=O) groups excluding carboxylic acids is 1. The summed E-state index contributed by atoms with van der Waals surface area (Å²) in [6.45, 7) is 9.99. The summed E-state index contributed by atoms with van der Waals surface area (Å²) in [6.07, 6.45) is 1.79. The average Bonchev–Trinajstić information content (AvgIpc) is 2.37. The lowest BCUT2D eigenvalue weighted by Gasteiger charge is -2.37. The van der Waals surface area contributed by atoms with Crippen molar-refractivity contribution in [2.45, 2.75) is 51.3 Å². The Morgan fingerprint density at radius 2 is 2.00 bits per heavy atom. The van der Waals surface area contributed by atoms with E-state index in [0.717, 1.165) is 45.8 Å². The van der Waals surface area contributed by atoms with Gasteiger partial charge in [0.05, 0.1) is 24.9 Å². The second-order valence-electron chi connectivity index (χ2n) is 6.13. The standard InChI is InChI=1S/C14H26N2O3/c1-11(16-5-8-18-9-6-16)13(17)15-12-4-7-19-14(2,3)10-12/h11-12H,4-10H2,1-3H3,(H,15,17)/t11-,12-/m0/s1. The predicted octanol–water partition coefficient (Wildman–Crippen LogP) is 0.781. The number of rotatable bonds is 3. The summed E-state index contributed by atoms with van der Waals surface area (Å²) in [5.74, 6) is 0.129. The van der Waals surface area contributed by atoms with E-state index in [1.54, 1.807) is 0 Å². The molecule has 0 aromatic carbocycles. The van der Waals surface area contributed by atoms with Gasteiger partial charge in [-0.05, 0) is 33.6 Å². The van der Waals surface area contributed by atoms with E-state index in [1.807, 2.05) is 6.92 Å². The summed E-state index contributed by atoms with van der Waals surface area (Å²) in [5.41, 5.74) is -0.127. The maximum absolute atomic E-state index is 12.3. The first-order chi connectivity index (χ1) is 8.98. The number of nitrogens with one attached hydrogen (secondary N) is 1. The molecule has 2 atom stereocenters. The third-order valence-corrected chi connectivity index (χ3v) is 4.02. The van der Waals surface area contributed by atoms with Gasteiger partial charge in [-0.15, -0.1) is 0 Å². The van der Waals surface area contributed by atoms with Crippen LogP contribution in [0.5, 0.6) is 0 Å². The topological polar surface area (TPSA) is 50.8 Å². The smallest absolute Gasteiger partial charge is 0.237 e. The van der Waals surface area contributed by atoms with Gasteiger partial charge < -0.3 is 14.8 Å². The maximum atomic E-state index is 12.3. The molecular weight excluding hydrogens is 244 g/mol. The van der Waals surface area contributed by atoms with Crippen LogP contribution in [0.4, 0.5) is 0 Å². The number of carbonyl (C=O) groups is 1. The minimum absolute atomic E-state index is 0.0742. The first kappa shape index (κ1) is 14.8. The van der Waals surface area contributed by atoms with E-state index in [2.05, 4.69) is 24.1 Å². The molecule has 0 unspecified atom stereocenters. The highest BCUT2D eigenvalue weighted by molar-refractivity contribution is 5.81. The van der Waals surface area contributed by atoms with Crippen LogP contribution in [0.1, 0.15) is 33.6 Å². The highest BCUT2D eigenvalue weighted by atomic mass is 16.5. The van der Waals surface area contributed by atoms with Gasteiger partial charge in [-0.1, -0.05) is 0 Å². The Balaban J connectivity index is 1.82. The van der Waals surface area contributed by atoms with Gasteiger partial charge in [0.15, 0.2) is 0 Å². The summed E-state index contributed by atoms with van der Waals surface area (Å²) in [7, 11) is 0. The van der Waals surface area contributed by atoms with Crippen LogP contribution in [0, 0.1) is 0 Å². The number of nitrogens with zero attached hydrogens (tertiary/aromatic N) is 1. The summed E-state index contributed by atoms with van der Waals surface area (Å²) in [5, 5.41) is 3.17. The average molecular weight is 270 g/mol. The van der Waals surface area contributed by atoms with Gasteiger partial charge in [-0.2, -0.15) is 0 Å². The molecule has 19 heavy (non-hydrogen) atoms. The zero-order chi connectivity index (χ0) is 13.9. The van der Waals surface area contributed by atoms with Crippen molar-refractivity contribution in [1.82, 2.24) is 10.2 Å². The third-order valence-electron chi connectivity index (χ3n) is 4.02. The van der Waals surface area contributed by atoms with Crippen molar-refractivity contribution in [2.75, 3.05) is 32.9 Å². The lowest BCUT2D eigenvalue weighted by atomic mass is 9.94. The molecule has 110 valence electrons. The van der Waals surface area contributed by atoms with Gasteiger partial charge in [0.1, 0.15) is 0 Å². The minimum Gasteiger partial charge on any atom is -0.379 e. The normalized spacial score (nSPS) is 29.7. The second-order valence-corrected chi connectivity index (χ2v) is 6.13. The lowest BCUT2D eigenvalue weighted by molar-refractivity contribution is -0.130. The Morgan fingerprint density at radius 3 is 2.63 bits per heavy atom. The molecule has 0 spiro atoms. The van der Waals surface area contributed by atoms with E-state index in [1.165, 1.54) is 0 Å². The zero-order valence-corrected chi connectivity index (χ0v) is 12.3. The van der Waals surface area contributed by atoms with Crippen LogP contribution in [0.25, 0.3) is 0 Å². The van der Waals surface area contributed by atoms with Crippen molar-refractivity contribution >= 4 is 5.91 Å². The fraction of sp³-hybridized carbons (Fsp3) is 0.929. The Labute approximate surface area is 115 Å². The molecule has 2 aliphatic rings. The van der Waals surface area contributed by atoms with Gasteiger partial charge >= 0.3 is 0 Å². The quantitative estimate of drug-likeness (QED) is 0.823. The molecule has 2 rings (SSSR count). The van der Waals surface area contributed by atoms with E-state index < -0.39 is 0 Å². The Kier molecular flexibility index (Phi) is 4.81. The van der Waals surface area contributed by atoms with Crippen molar-refractivity contribution in [2.24, 2.45) is 0 Å². The molecule has 2 heterocycles. The molecule has 5 heteroatoms. The molecule has 0 radical (unpaired) electrons. The Bertz CT molecular complexity index is 314. The number of hydrogen-bond donors (Lipinski definition) is 1. The van der Waals surface area contributed by atoms with Crippen LogP contribution in [0.2, 0.25) is 0 Å². The second kappa shape index (κ2) is 6.20. The molecule has 0 bridgehead atoms. The highest BCUT2D eigenvalue weighted by Gasteiger charge is 2.31. The van der Waals surface area contributed by atoms with Crippen molar-refractivity contribution in [3.63, 3.8) is 0 Å². The fourth-order valence-electron chi connectivity index (χ4n) is 2.81. The van der Waals surface area contributed by atoms with E-state index in [0.29, 0.717) is 0 Å². The number of amides is 1. The van der Waals surface area contributed by atoms with E-state index >= 15 is 0 Å². The lowest BCUT2D eigenvalue weighted by Crippen LogP contribution is -2.53. The van der Waals surface area contributed by atoms with Crippen molar-refractivity contribution < 1.29 is 14.3 Å². The molecule has 5 nitrogen and oxygen atoms in total. The van der Waals surface area contributed by atoms with Crippen LogP contribution in [0.15, 0.2) is 0 Å². The first-order valence-corrected chi connectivity index (χ1v) is 7.24. The van der Waals surface area contributed by atoms with Crippen LogP contribution >= 0.6 is 0 Å². The van der Waals surface area contributed by atoms with Crippen LogP contribution in [-0.2, 0) is 14.3 Å². The van der Waals surface area contributed by atoms with E-state index in [-0.39, 0.29) is 23.6 Å². The maximum Gasteiger partial charge on any atom is 0.237 e. The van der Waals surface area contributed by atoms with E-state index in [4.69, 9.17) is 9.47 Å². The molecule has 1 N–H and O–H groups in total. The number of morpholine rings is 1. The SMILES string of the molecule is C[C@@H](C(=O)N[C@H]1CCOC(C)(C)C1)N1CCOCC1. The molecule has 2 fully saturated rings. The Hall–Kier alpha value is -0.650. The molecule has 0 aliphatic carbocycles. The molecular formula is C14H26N2O3. The minimum atomic E-state index is -0.127. The number of hydrogen-bond acceptors (Lipinski definition) is 4. The highest BCUT2D eigenvalue weighted by Crippen LogP contribution is 2.24. The Morgan fingerprint density at radius 1 is 1.32 bits per heavy atom. The van der Waals surface area contributed by atoms with Crippen molar-refractivity contribution in [1.29, 1.82) is 0 Å². The van der Waals surface area contributed by atoms with Gasteiger partial charge in [0.2, 0.25) is 5.91 Å². The summed E-state index contributed by atoms with van der Waals surface area (Å²) >= 11 is 0. The summed E-state index contributed by atoms with van der Waals surface area (Å²) in [4.78, 5) is 14.5. The molecule has 0 aromatic heterocycles. The van der Waals surface area contributed by atoms with Crippen LogP contribution in [0.3, 0.4) is 0 Å². The van der Waals surface area contributed by atoms with Crippen LogP contribution in [-0.4, -0.2) is 61.4 Å². The molecule has 0 saturated carbocycles. The van der Waals surface area contributed by atoms with Gasteiger partial charge in [-0.25, -0.2) is 0 Å². The van der Waals surface area contributed by atoms with Gasteiger partial charge in [0, 0.05) is 25.7 Å². The van der Waals surface area contributed by atoms with Gasteiger partial charge in [-0.3, -0.25) is 9.69 Å². The first-order valence-electron chi connectivity index (χ1n) is 7.24. The van der Waals surface area contributed by atoms with E-state index in [9.17, 15) is 4.79 Å². The summed E-state index contributed by atoms with van der Waals surface area (Å²) < 4.78 is 11.0. The third kappa shape index (κ3) is 4.16. The molecule has 1 amide bonds. The monoisotopic (exact) mass is 270 g/mol. The predicted molar refractivity (Wildman–Crippen MR) is 73.0 cm³/mol. The molecule has 2 aliphatic heterocycles. The molecule has 2 saturated heterocycles. The van der Waals surface area contributed by atoms with Crippen molar-refractivity contribution in [3.05, 3.63) is 0 Å². The number of ether oxygens (including phenoxy) is 2. The van der Waals surface area contributed by atoms with Crippen LogP contribution < -0.4 is 5.32 Å². The zero-order valence-electron chi connectivity index (χ0n) is 12.3. The fourth-order valence-corrected chi connectivity index (χ4v) is 2.81. The van der Waals surface area contributed by atoms with Crippen molar-refractivity contribution in [3.8, 4) is 0 Å².